The molecule has 1 atom stereocenters. The molecule has 0 saturated heterocycles. The third-order valence-corrected chi connectivity index (χ3v) is 4.29. The van der Waals surface area contributed by atoms with Gasteiger partial charge in [0.25, 0.3) is 0 Å². The Morgan fingerprint density at radius 2 is 1.92 bits per heavy atom. The highest BCUT2D eigenvalue weighted by atomic mass is 16.5. The van der Waals surface area contributed by atoms with Gasteiger partial charge < -0.3 is 15.2 Å². The van der Waals surface area contributed by atoms with E-state index in [1.807, 2.05) is 24.3 Å². The molecule has 2 N–H and O–H groups in total. The molecule has 0 aliphatic heterocycles. The van der Waals surface area contributed by atoms with Gasteiger partial charge in [0.2, 0.25) is 0 Å². The first-order chi connectivity index (χ1) is 11.7. The fraction of sp³-hybridized carbons (Fsp3) is 0.474. The van der Waals surface area contributed by atoms with Crippen molar-refractivity contribution >= 4 is 5.96 Å². The highest BCUT2D eigenvalue weighted by Gasteiger charge is 2.13. The van der Waals surface area contributed by atoms with Crippen LogP contribution in [0.25, 0.3) is 0 Å². The maximum absolute atomic E-state index is 5.44. The highest BCUT2D eigenvalue weighted by molar-refractivity contribution is 5.80. The minimum atomic E-state index is 0.173. The molecule has 1 heterocycles. The van der Waals surface area contributed by atoms with Crippen LogP contribution in [0.4, 0.5) is 0 Å². The predicted molar refractivity (Wildman–Crippen MR) is 98.0 cm³/mol. The number of benzene rings is 1. The first-order valence-electron chi connectivity index (χ1n) is 8.65. The summed E-state index contributed by atoms with van der Waals surface area (Å²) in [4.78, 5) is 4.28. The van der Waals surface area contributed by atoms with Crippen molar-refractivity contribution in [2.75, 3.05) is 7.05 Å². The summed E-state index contributed by atoms with van der Waals surface area (Å²) in [5.74, 6) is 2.04. The summed E-state index contributed by atoms with van der Waals surface area (Å²) in [6.45, 7) is 7.03. The molecule has 130 valence electrons. The highest BCUT2D eigenvalue weighted by Crippen LogP contribution is 2.22. The van der Waals surface area contributed by atoms with Crippen LogP contribution in [0.1, 0.15) is 62.6 Å². The Kier molecular flexibility index (Phi) is 6.85. The van der Waals surface area contributed by atoms with E-state index in [-0.39, 0.29) is 6.04 Å². The summed E-state index contributed by atoms with van der Waals surface area (Å²) < 4.78 is 5.44. The molecule has 0 bridgehead atoms. The van der Waals surface area contributed by atoms with E-state index in [1.165, 1.54) is 5.56 Å². The van der Waals surface area contributed by atoms with Crippen molar-refractivity contribution < 1.29 is 4.52 Å². The van der Waals surface area contributed by atoms with Gasteiger partial charge in [-0.25, -0.2) is 0 Å². The fourth-order valence-electron chi connectivity index (χ4n) is 2.71. The van der Waals surface area contributed by atoms with Gasteiger partial charge in [-0.3, -0.25) is 4.99 Å². The molecular formula is C19H28N4O. The number of nitrogens with zero attached hydrogens (tertiary/aromatic N) is 2. The van der Waals surface area contributed by atoms with Crippen molar-refractivity contribution in [2.45, 2.75) is 52.1 Å². The van der Waals surface area contributed by atoms with Crippen LogP contribution in [0.2, 0.25) is 0 Å². The van der Waals surface area contributed by atoms with E-state index in [0.29, 0.717) is 12.5 Å². The predicted octanol–water partition coefficient (Wildman–Crippen LogP) is 4.00. The first kappa shape index (κ1) is 18.0. The summed E-state index contributed by atoms with van der Waals surface area (Å²) in [6, 6.07) is 12.5. The normalized spacial score (nSPS) is 13.1. The van der Waals surface area contributed by atoms with Crippen molar-refractivity contribution in [3.05, 3.63) is 53.4 Å². The molecule has 1 unspecified atom stereocenters. The molecule has 0 fully saturated rings. The zero-order valence-corrected chi connectivity index (χ0v) is 15.0. The zero-order chi connectivity index (χ0) is 17.4. The standard InChI is InChI=1S/C19H28N4O/c1-5-15(6-2)18-12-17(24-23-18)13-21-19(20-4)22-14(3)16-10-8-7-9-11-16/h7-12,14-15H,5-6,13H2,1-4H3,(H2,20,21,22). The summed E-state index contributed by atoms with van der Waals surface area (Å²) in [5.41, 5.74) is 2.26. The Morgan fingerprint density at radius 1 is 1.21 bits per heavy atom. The van der Waals surface area contributed by atoms with Crippen LogP contribution in [-0.2, 0) is 6.54 Å². The molecule has 0 aliphatic rings. The number of aromatic nitrogens is 1. The molecule has 0 aliphatic carbocycles. The van der Waals surface area contributed by atoms with Crippen LogP contribution in [0, 0.1) is 0 Å². The van der Waals surface area contributed by atoms with E-state index in [9.17, 15) is 0 Å². The van der Waals surface area contributed by atoms with Crippen molar-refractivity contribution in [1.29, 1.82) is 0 Å². The van der Waals surface area contributed by atoms with Gasteiger partial charge in [0.1, 0.15) is 0 Å². The van der Waals surface area contributed by atoms with Gasteiger partial charge in [0.05, 0.1) is 18.3 Å². The topological polar surface area (TPSA) is 62.5 Å². The van der Waals surface area contributed by atoms with Crippen LogP contribution in [0.3, 0.4) is 0 Å². The van der Waals surface area contributed by atoms with Gasteiger partial charge in [-0.05, 0) is 25.3 Å². The average Bonchev–Trinajstić information content (AvgIpc) is 3.09. The lowest BCUT2D eigenvalue weighted by Crippen LogP contribution is -2.38. The van der Waals surface area contributed by atoms with Gasteiger partial charge in [-0.2, -0.15) is 0 Å². The average molecular weight is 328 g/mol. The second-order valence-electron chi connectivity index (χ2n) is 5.93. The summed E-state index contributed by atoms with van der Waals surface area (Å²) in [7, 11) is 1.77. The van der Waals surface area contributed by atoms with Gasteiger partial charge in [-0.1, -0.05) is 49.3 Å². The second-order valence-corrected chi connectivity index (χ2v) is 5.93. The van der Waals surface area contributed by atoms with Crippen LogP contribution in [-0.4, -0.2) is 18.2 Å². The Hall–Kier alpha value is -2.30. The number of rotatable bonds is 7. The Morgan fingerprint density at radius 3 is 2.54 bits per heavy atom. The van der Waals surface area contributed by atoms with E-state index in [0.717, 1.165) is 30.3 Å². The summed E-state index contributed by atoms with van der Waals surface area (Å²) >= 11 is 0. The van der Waals surface area contributed by atoms with Crippen molar-refractivity contribution in [1.82, 2.24) is 15.8 Å². The minimum Gasteiger partial charge on any atom is -0.359 e. The smallest absolute Gasteiger partial charge is 0.191 e. The number of nitrogens with one attached hydrogen (secondary N) is 2. The van der Waals surface area contributed by atoms with Crippen LogP contribution in [0.15, 0.2) is 45.9 Å². The largest absolute Gasteiger partial charge is 0.359 e. The molecule has 0 saturated carbocycles. The molecule has 2 aromatic rings. The molecule has 5 nitrogen and oxygen atoms in total. The Labute approximate surface area is 144 Å². The SMILES string of the molecule is CCC(CC)c1cc(CNC(=NC)NC(C)c2ccccc2)on1. The Balaban J connectivity index is 1.90. The van der Waals surface area contributed by atoms with Crippen molar-refractivity contribution in [3.8, 4) is 0 Å². The van der Waals surface area contributed by atoms with Crippen LogP contribution in [0.5, 0.6) is 0 Å². The second kappa shape index (κ2) is 9.11. The molecular weight excluding hydrogens is 300 g/mol. The van der Waals surface area contributed by atoms with Crippen molar-refractivity contribution in [2.24, 2.45) is 4.99 Å². The lowest BCUT2D eigenvalue weighted by Gasteiger charge is -2.17. The van der Waals surface area contributed by atoms with Gasteiger partial charge in [-0.15, -0.1) is 0 Å². The van der Waals surface area contributed by atoms with E-state index in [2.05, 4.69) is 53.7 Å². The van der Waals surface area contributed by atoms with E-state index < -0.39 is 0 Å². The fourth-order valence-corrected chi connectivity index (χ4v) is 2.71. The number of hydrogen-bond acceptors (Lipinski definition) is 3. The van der Waals surface area contributed by atoms with Gasteiger partial charge in [0.15, 0.2) is 11.7 Å². The van der Waals surface area contributed by atoms with Gasteiger partial charge in [0, 0.05) is 19.0 Å². The van der Waals surface area contributed by atoms with Crippen molar-refractivity contribution in [3.63, 3.8) is 0 Å². The number of guanidine groups is 1. The Bertz CT molecular complexity index is 632. The first-order valence-corrected chi connectivity index (χ1v) is 8.65. The van der Waals surface area contributed by atoms with E-state index in [4.69, 9.17) is 4.52 Å². The third-order valence-electron chi connectivity index (χ3n) is 4.29. The number of hydrogen-bond donors (Lipinski definition) is 2. The zero-order valence-electron chi connectivity index (χ0n) is 15.0. The van der Waals surface area contributed by atoms with Crippen LogP contribution >= 0.6 is 0 Å². The van der Waals surface area contributed by atoms with E-state index >= 15 is 0 Å². The summed E-state index contributed by atoms with van der Waals surface area (Å²) in [5, 5.41) is 10.9. The maximum Gasteiger partial charge on any atom is 0.191 e. The maximum atomic E-state index is 5.44. The third kappa shape index (κ3) is 4.85. The summed E-state index contributed by atoms with van der Waals surface area (Å²) in [6.07, 6.45) is 2.15. The lowest BCUT2D eigenvalue weighted by molar-refractivity contribution is 0.368. The van der Waals surface area contributed by atoms with E-state index in [1.54, 1.807) is 7.05 Å². The molecule has 5 heteroatoms. The molecule has 1 aromatic heterocycles. The number of aliphatic imine (C=N–C) groups is 1. The molecule has 0 amide bonds. The monoisotopic (exact) mass is 328 g/mol. The quantitative estimate of drug-likeness (QED) is 0.595. The molecule has 1 aromatic carbocycles. The molecule has 2 rings (SSSR count). The van der Waals surface area contributed by atoms with Crippen LogP contribution < -0.4 is 10.6 Å². The minimum absolute atomic E-state index is 0.173. The lowest BCUT2D eigenvalue weighted by atomic mass is 9.99. The molecule has 24 heavy (non-hydrogen) atoms. The van der Waals surface area contributed by atoms with Gasteiger partial charge >= 0.3 is 0 Å². The molecule has 0 radical (unpaired) electrons. The molecule has 0 spiro atoms.